The molecular weight excluding hydrogens is 160 g/mol. The van der Waals surface area contributed by atoms with Crippen LogP contribution in [0.25, 0.3) is 0 Å². The van der Waals surface area contributed by atoms with E-state index < -0.39 is 9.84 Å². The highest BCUT2D eigenvalue weighted by atomic mass is 32.2. The van der Waals surface area contributed by atoms with E-state index >= 15 is 0 Å². The molecule has 1 aliphatic heterocycles. The SMILES string of the molecule is CC.CC1CCS(=O)(=O)CC1. The molecule has 0 aliphatic carbocycles. The zero-order chi connectivity index (χ0) is 8.91. The van der Waals surface area contributed by atoms with Crippen molar-refractivity contribution in [2.24, 2.45) is 5.92 Å². The second kappa shape index (κ2) is 4.75. The van der Waals surface area contributed by atoms with Gasteiger partial charge in [-0.2, -0.15) is 0 Å². The summed E-state index contributed by atoms with van der Waals surface area (Å²) in [5.41, 5.74) is 0. The van der Waals surface area contributed by atoms with Crippen molar-refractivity contribution < 1.29 is 8.42 Å². The molecule has 3 heteroatoms. The van der Waals surface area contributed by atoms with Crippen molar-refractivity contribution >= 4 is 9.84 Å². The van der Waals surface area contributed by atoms with E-state index in [9.17, 15) is 8.42 Å². The predicted octanol–water partition coefficient (Wildman–Crippen LogP) is 1.86. The summed E-state index contributed by atoms with van der Waals surface area (Å²) < 4.78 is 21.6. The molecule has 0 N–H and O–H groups in total. The van der Waals surface area contributed by atoms with Crippen LogP contribution in [-0.4, -0.2) is 19.9 Å². The number of sulfone groups is 1. The Morgan fingerprint density at radius 1 is 1.09 bits per heavy atom. The lowest BCUT2D eigenvalue weighted by molar-refractivity contribution is 0.500. The Labute approximate surface area is 69.9 Å². The Kier molecular flexibility index (Phi) is 4.73. The molecule has 0 saturated carbocycles. The zero-order valence-corrected chi connectivity index (χ0v) is 8.45. The van der Waals surface area contributed by atoms with Gasteiger partial charge >= 0.3 is 0 Å². The minimum absolute atomic E-state index is 0.411. The molecule has 1 aliphatic rings. The molecule has 2 nitrogen and oxygen atoms in total. The average Bonchev–Trinajstić information content (AvgIpc) is 2.00. The molecule has 0 aromatic heterocycles. The molecule has 11 heavy (non-hydrogen) atoms. The van der Waals surface area contributed by atoms with E-state index in [1.54, 1.807) is 0 Å². The van der Waals surface area contributed by atoms with Gasteiger partial charge in [-0.25, -0.2) is 8.42 Å². The van der Waals surface area contributed by atoms with Gasteiger partial charge in [-0.1, -0.05) is 20.8 Å². The zero-order valence-electron chi connectivity index (χ0n) is 7.63. The minimum Gasteiger partial charge on any atom is -0.229 e. The van der Waals surface area contributed by atoms with Gasteiger partial charge in [0, 0.05) is 0 Å². The maximum atomic E-state index is 10.8. The van der Waals surface area contributed by atoms with Gasteiger partial charge < -0.3 is 0 Å². The van der Waals surface area contributed by atoms with Gasteiger partial charge in [-0.3, -0.25) is 0 Å². The molecule has 0 atom stereocenters. The first-order valence-electron chi connectivity index (χ1n) is 4.30. The Bertz CT molecular complexity index is 168. The fourth-order valence-corrected chi connectivity index (χ4v) is 2.73. The van der Waals surface area contributed by atoms with Gasteiger partial charge in [0.25, 0.3) is 0 Å². The summed E-state index contributed by atoms with van der Waals surface area (Å²) in [6.07, 6.45) is 1.73. The molecule has 0 spiro atoms. The van der Waals surface area contributed by atoms with E-state index in [4.69, 9.17) is 0 Å². The lowest BCUT2D eigenvalue weighted by Crippen LogP contribution is -2.21. The molecule has 0 bridgehead atoms. The Morgan fingerprint density at radius 3 is 1.73 bits per heavy atom. The van der Waals surface area contributed by atoms with Crippen molar-refractivity contribution in [2.45, 2.75) is 33.6 Å². The van der Waals surface area contributed by atoms with Crippen LogP contribution in [0.4, 0.5) is 0 Å². The van der Waals surface area contributed by atoms with Crippen LogP contribution in [0.1, 0.15) is 33.6 Å². The molecular formula is C8H18O2S. The number of hydrogen-bond donors (Lipinski definition) is 0. The molecule has 0 aromatic rings. The average molecular weight is 178 g/mol. The highest BCUT2D eigenvalue weighted by molar-refractivity contribution is 7.91. The Balaban J connectivity index is 0.000000461. The second-order valence-electron chi connectivity index (χ2n) is 2.83. The first-order chi connectivity index (χ1) is 5.10. The van der Waals surface area contributed by atoms with Crippen molar-refractivity contribution in [3.8, 4) is 0 Å². The first kappa shape index (κ1) is 11.0. The smallest absolute Gasteiger partial charge is 0.150 e. The minimum atomic E-state index is -2.62. The van der Waals surface area contributed by atoms with E-state index in [-0.39, 0.29) is 0 Å². The fourth-order valence-electron chi connectivity index (χ4n) is 1.01. The number of hydrogen-bond acceptors (Lipinski definition) is 2. The monoisotopic (exact) mass is 178 g/mol. The maximum absolute atomic E-state index is 10.8. The largest absolute Gasteiger partial charge is 0.229 e. The van der Waals surface area contributed by atoms with Crippen LogP contribution in [0, 0.1) is 5.92 Å². The Hall–Kier alpha value is -0.0500. The van der Waals surface area contributed by atoms with E-state index in [1.807, 2.05) is 13.8 Å². The molecule has 1 saturated heterocycles. The summed E-state index contributed by atoms with van der Waals surface area (Å²) in [7, 11) is -2.62. The van der Waals surface area contributed by atoms with Gasteiger partial charge in [0.2, 0.25) is 0 Å². The highest BCUT2D eigenvalue weighted by Crippen LogP contribution is 2.16. The standard InChI is InChI=1S/C6H12O2S.C2H6/c1-6-2-4-9(7,8)5-3-6;1-2/h6H,2-5H2,1H3;1-2H3. The van der Waals surface area contributed by atoms with Crippen molar-refractivity contribution in [3.63, 3.8) is 0 Å². The lowest BCUT2D eigenvalue weighted by Gasteiger charge is -2.16. The highest BCUT2D eigenvalue weighted by Gasteiger charge is 2.19. The van der Waals surface area contributed by atoms with Crippen molar-refractivity contribution in [3.05, 3.63) is 0 Å². The summed E-state index contributed by atoms with van der Waals surface area (Å²) >= 11 is 0. The molecule has 0 amide bonds. The van der Waals surface area contributed by atoms with Crippen molar-refractivity contribution in [1.82, 2.24) is 0 Å². The second-order valence-corrected chi connectivity index (χ2v) is 5.14. The molecule has 0 aromatic carbocycles. The van der Waals surface area contributed by atoms with Crippen LogP contribution in [0.3, 0.4) is 0 Å². The van der Waals surface area contributed by atoms with Crippen LogP contribution in [-0.2, 0) is 9.84 Å². The van der Waals surface area contributed by atoms with Crippen molar-refractivity contribution in [2.75, 3.05) is 11.5 Å². The van der Waals surface area contributed by atoms with Gasteiger partial charge in [0.15, 0.2) is 0 Å². The molecule has 68 valence electrons. The first-order valence-corrected chi connectivity index (χ1v) is 6.13. The molecule has 1 fully saturated rings. The van der Waals surface area contributed by atoms with E-state index in [0.29, 0.717) is 17.4 Å². The van der Waals surface area contributed by atoms with Crippen LogP contribution >= 0.6 is 0 Å². The molecule has 0 radical (unpaired) electrons. The lowest BCUT2D eigenvalue weighted by atomic mass is 10.1. The number of rotatable bonds is 0. The topological polar surface area (TPSA) is 34.1 Å². The van der Waals surface area contributed by atoms with Crippen molar-refractivity contribution in [1.29, 1.82) is 0 Å². The van der Waals surface area contributed by atoms with Crippen LogP contribution < -0.4 is 0 Å². The third-order valence-corrected chi connectivity index (χ3v) is 3.56. The quantitative estimate of drug-likeness (QED) is 0.567. The molecule has 0 unspecified atom stereocenters. The fraction of sp³-hybridized carbons (Fsp3) is 1.00. The third-order valence-electron chi connectivity index (χ3n) is 1.84. The van der Waals surface area contributed by atoms with Gasteiger partial charge in [0.1, 0.15) is 9.84 Å². The van der Waals surface area contributed by atoms with Gasteiger partial charge in [-0.05, 0) is 18.8 Å². The van der Waals surface area contributed by atoms with E-state index in [1.165, 1.54) is 0 Å². The summed E-state index contributed by atoms with van der Waals surface area (Å²) in [5, 5.41) is 0. The van der Waals surface area contributed by atoms with E-state index in [2.05, 4.69) is 6.92 Å². The molecule has 1 rings (SSSR count). The van der Waals surface area contributed by atoms with Crippen LogP contribution in [0.2, 0.25) is 0 Å². The summed E-state index contributed by atoms with van der Waals surface area (Å²) in [6, 6.07) is 0. The predicted molar refractivity (Wildman–Crippen MR) is 48.4 cm³/mol. The normalized spacial score (nSPS) is 23.5. The third kappa shape index (κ3) is 4.40. The summed E-state index contributed by atoms with van der Waals surface area (Å²) in [4.78, 5) is 0. The van der Waals surface area contributed by atoms with Crippen LogP contribution in [0.5, 0.6) is 0 Å². The molecule has 1 heterocycles. The summed E-state index contributed by atoms with van der Waals surface area (Å²) in [6.45, 7) is 6.11. The maximum Gasteiger partial charge on any atom is 0.150 e. The van der Waals surface area contributed by atoms with Gasteiger partial charge in [0.05, 0.1) is 11.5 Å². The Morgan fingerprint density at radius 2 is 1.45 bits per heavy atom. The summed E-state index contributed by atoms with van der Waals surface area (Å²) in [5.74, 6) is 1.44. The van der Waals surface area contributed by atoms with Gasteiger partial charge in [-0.15, -0.1) is 0 Å². The van der Waals surface area contributed by atoms with E-state index in [0.717, 1.165) is 12.8 Å². The van der Waals surface area contributed by atoms with Crippen LogP contribution in [0.15, 0.2) is 0 Å².